The van der Waals surface area contributed by atoms with Gasteiger partial charge in [-0.25, -0.2) is 0 Å². The van der Waals surface area contributed by atoms with Gasteiger partial charge in [0.1, 0.15) is 0 Å². The number of nitroso groups, excluding NO2 is 1. The molecule has 0 aromatic carbocycles. The Morgan fingerprint density at radius 1 is 1.35 bits per heavy atom. The summed E-state index contributed by atoms with van der Waals surface area (Å²) in [5.41, 5.74) is 8.20. The van der Waals surface area contributed by atoms with E-state index < -0.39 is 21.3 Å². The first-order chi connectivity index (χ1) is 9.24. The topological polar surface area (TPSA) is 73.5 Å². The molecule has 0 atom stereocenters. The normalized spacial score (nSPS) is 11.2. The number of rotatable bonds is 1. The summed E-state index contributed by atoms with van der Waals surface area (Å²) in [5, 5.41) is 0. The predicted molar refractivity (Wildman–Crippen MR) is 63.6 cm³/mol. The summed E-state index contributed by atoms with van der Waals surface area (Å²) < 4.78 is 39.0. The molecule has 0 radical (unpaired) electrons. The third kappa shape index (κ3) is 29.9. The van der Waals surface area contributed by atoms with E-state index in [4.69, 9.17) is 20.1 Å². The van der Waals surface area contributed by atoms with E-state index in [0.717, 1.165) is 6.42 Å². The Bertz CT molecular complexity index is 442. The van der Waals surface area contributed by atoms with Crippen LogP contribution in [-0.2, 0) is 23.7 Å². The summed E-state index contributed by atoms with van der Waals surface area (Å²) in [6.07, 6.45) is 8.19. The molecule has 0 aromatic rings. The molecule has 1 aliphatic rings. The summed E-state index contributed by atoms with van der Waals surface area (Å²) in [6, 6.07) is 0. The zero-order valence-corrected chi connectivity index (χ0v) is 11.4. The van der Waals surface area contributed by atoms with Crippen molar-refractivity contribution in [1.29, 1.82) is 0 Å². The number of carbonyl (C=O) groups excluding carboxylic acids is 2. The summed E-state index contributed by atoms with van der Waals surface area (Å²) in [4.78, 5) is 28.1. The van der Waals surface area contributed by atoms with Gasteiger partial charge in [-0.05, 0) is 0 Å². The quantitative estimate of drug-likeness (QED) is 0.420. The van der Waals surface area contributed by atoms with Crippen LogP contribution in [0.15, 0.2) is 29.9 Å². The molecule has 0 unspecified atom stereocenters. The van der Waals surface area contributed by atoms with Gasteiger partial charge in [-0.15, -0.1) is 0 Å². The third-order valence-corrected chi connectivity index (χ3v) is 1.55. The minimum atomic E-state index is -6.00. The van der Waals surface area contributed by atoms with Crippen LogP contribution in [0.5, 0.6) is 0 Å². The van der Waals surface area contributed by atoms with Crippen LogP contribution in [0, 0.1) is 11.0 Å². The molecule has 1 rings (SSSR count). The van der Waals surface area contributed by atoms with Crippen LogP contribution >= 0.6 is 0 Å². The van der Waals surface area contributed by atoms with Gasteiger partial charge in [0.05, 0.1) is 0 Å². The fourth-order valence-corrected chi connectivity index (χ4v) is 0.818. The van der Waals surface area contributed by atoms with Crippen molar-refractivity contribution in [3.63, 3.8) is 0 Å². The van der Waals surface area contributed by atoms with E-state index in [1.807, 2.05) is 6.08 Å². The molecule has 0 spiro atoms. The van der Waals surface area contributed by atoms with Crippen LogP contribution in [0.2, 0.25) is 0 Å². The van der Waals surface area contributed by atoms with Gasteiger partial charge in [-0.2, -0.15) is 36.0 Å². The molecular weight excluding hydrogens is 324 g/mol. The van der Waals surface area contributed by atoms with Crippen LogP contribution in [0.25, 0.3) is 5.59 Å². The summed E-state index contributed by atoms with van der Waals surface area (Å²) in [7, 11) is -6.00. The van der Waals surface area contributed by atoms with Crippen LogP contribution in [-0.4, -0.2) is 16.8 Å². The summed E-state index contributed by atoms with van der Waals surface area (Å²) >= 11 is -0.438. The van der Waals surface area contributed by atoms with Crippen LogP contribution < -0.4 is 0 Å². The van der Waals surface area contributed by atoms with E-state index in [-0.39, 0.29) is 0 Å². The molecule has 1 aliphatic carbocycles. The predicted octanol–water partition coefficient (Wildman–Crippen LogP) is 3.08. The molecular formula is C10H9BF4MnNO3-3. The molecule has 0 heterocycles. The molecule has 0 amide bonds. The largest absolute Gasteiger partial charge is 0.577 e. The maximum atomic E-state index is 9.75. The Hall–Kier alpha value is -1.72. The first-order valence-electron chi connectivity index (χ1n) is 4.59. The summed E-state index contributed by atoms with van der Waals surface area (Å²) in [6.45, 7) is 5.70. The van der Waals surface area contributed by atoms with Gasteiger partial charge in [-0.3, -0.25) is 0 Å². The van der Waals surface area contributed by atoms with Crippen LogP contribution in [0.1, 0.15) is 13.3 Å². The minimum absolute atomic E-state index is 0.438. The number of hydrogen-bond acceptors (Lipinski definition) is 3. The van der Waals surface area contributed by atoms with E-state index in [9.17, 15) is 17.3 Å². The molecule has 113 valence electrons. The van der Waals surface area contributed by atoms with Gasteiger partial charge in [0.2, 0.25) is 0 Å². The molecule has 0 saturated heterocycles. The number of allylic oxidation sites excluding steroid dienone is 5. The van der Waals surface area contributed by atoms with E-state index >= 15 is 0 Å². The Morgan fingerprint density at radius 2 is 1.75 bits per heavy atom. The second-order valence-corrected chi connectivity index (χ2v) is 3.47. The SMILES string of the molecule is C=CC1=[C-]C(C)=CC1.F[B-](F)(F)F.O=[C]=[Mn]=[C]=O.[N-]=O. The first-order valence-corrected chi connectivity index (χ1v) is 5.77. The fourth-order valence-electron chi connectivity index (χ4n) is 0.768. The smallest absolute Gasteiger partial charge is 0.423 e. The average Bonchev–Trinajstić information content (AvgIpc) is 2.77. The monoisotopic (exact) mass is 333 g/mol. The van der Waals surface area contributed by atoms with E-state index in [1.165, 1.54) is 20.7 Å². The van der Waals surface area contributed by atoms with E-state index in [2.05, 4.69) is 25.7 Å². The zero-order valence-electron chi connectivity index (χ0n) is 10.2. The maximum Gasteiger partial charge on any atom is -0.423 e. The van der Waals surface area contributed by atoms with Crippen molar-refractivity contribution in [1.82, 2.24) is 0 Å². The zero-order chi connectivity index (χ0) is 16.6. The summed E-state index contributed by atoms with van der Waals surface area (Å²) in [5.74, 6) is 0. The molecule has 10 heteroatoms. The first kappa shape index (κ1) is 23.4. The second kappa shape index (κ2) is 15.3. The number of nitrogens with zero attached hydrogens (tertiary/aromatic N) is 1. The number of halogens is 4. The number of hydrogen-bond donors (Lipinski definition) is 0. The molecule has 0 saturated carbocycles. The fraction of sp³-hybridized carbons (Fsp3) is 0.200. The van der Waals surface area contributed by atoms with E-state index in [0.29, 0.717) is 0 Å². The van der Waals surface area contributed by atoms with Crippen molar-refractivity contribution >= 4 is 16.8 Å². The van der Waals surface area contributed by atoms with Gasteiger partial charge < -0.3 is 27.8 Å². The molecule has 0 fully saturated rings. The van der Waals surface area contributed by atoms with Crippen molar-refractivity contribution < 1.29 is 40.9 Å². The van der Waals surface area contributed by atoms with Gasteiger partial charge in [-0.1, -0.05) is 13.3 Å². The molecule has 0 aromatic heterocycles. The Kier molecular flexibility index (Phi) is 17.9. The Balaban J connectivity index is -0.000000213. The van der Waals surface area contributed by atoms with Gasteiger partial charge in [0.15, 0.2) is 0 Å². The van der Waals surface area contributed by atoms with Crippen molar-refractivity contribution in [2.24, 2.45) is 0 Å². The molecule has 0 N–H and O–H groups in total. The van der Waals surface area contributed by atoms with Crippen molar-refractivity contribution in [3.8, 4) is 0 Å². The Morgan fingerprint density at radius 3 is 1.85 bits per heavy atom. The minimum Gasteiger partial charge on any atom is -0.577 e. The second-order valence-electron chi connectivity index (χ2n) is 2.69. The van der Waals surface area contributed by atoms with Crippen LogP contribution in [0.4, 0.5) is 17.3 Å². The third-order valence-electron chi connectivity index (χ3n) is 1.31. The maximum absolute atomic E-state index is 9.75. The van der Waals surface area contributed by atoms with Gasteiger partial charge in [0, 0.05) is 0 Å². The average molecular weight is 333 g/mol. The van der Waals surface area contributed by atoms with Gasteiger partial charge in [0.25, 0.3) is 0 Å². The van der Waals surface area contributed by atoms with Gasteiger partial charge >= 0.3 is 40.5 Å². The standard InChI is InChI=1S/C8H9.2CO.BF4.Mn.NO/c1-3-8-5-4-7(2)6-8;2*1-2;2-1(3,4)5;;1-2/h3-4H,1,5H2,2H3;;;;;/q-1;;;-1;;-1. The van der Waals surface area contributed by atoms with E-state index in [1.54, 1.807) is 0 Å². The molecule has 0 aliphatic heterocycles. The molecule has 20 heavy (non-hydrogen) atoms. The van der Waals surface area contributed by atoms with Crippen molar-refractivity contribution in [2.75, 3.05) is 0 Å². The van der Waals surface area contributed by atoms with Crippen molar-refractivity contribution in [2.45, 2.75) is 13.3 Å². The molecule has 0 bridgehead atoms. The van der Waals surface area contributed by atoms with Crippen LogP contribution in [0.3, 0.4) is 0 Å². The molecule has 4 nitrogen and oxygen atoms in total. The van der Waals surface area contributed by atoms with Crippen molar-refractivity contribution in [3.05, 3.63) is 46.5 Å². The Labute approximate surface area is 118 Å².